The Hall–Kier alpha value is -1.73. The number of anilines is 1. The minimum absolute atomic E-state index is 0.251. The Kier molecular flexibility index (Phi) is 5.69. The molecule has 0 saturated carbocycles. The molecule has 20 heavy (non-hydrogen) atoms. The van der Waals surface area contributed by atoms with E-state index in [-0.39, 0.29) is 6.04 Å². The van der Waals surface area contributed by atoms with E-state index in [4.69, 9.17) is 11.6 Å². The fraction of sp³-hybridized carbons (Fsp3) is 0.222. The second kappa shape index (κ2) is 7.76. The van der Waals surface area contributed by atoms with Crippen molar-refractivity contribution in [2.24, 2.45) is 0 Å². The van der Waals surface area contributed by atoms with Crippen molar-refractivity contribution in [1.29, 1.82) is 0 Å². The zero-order valence-corrected chi connectivity index (χ0v) is 12.3. The summed E-state index contributed by atoms with van der Waals surface area (Å²) in [6.45, 7) is 3.87. The van der Waals surface area contributed by atoms with Gasteiger partial charge in [-0.3, -0.25) is 0 Å². The predicted octanol–water partition coefficient (Wildman–Crippen LogP) is 5.18. The Morgan fingerprint density at radius 3 is 2.90 bits per heavy atom. The maximum absolute atomic E-state index is 5.97. The maximum Gasteiger partial charge on any atom is 0.0491 e. The fourth-order valence-electron chi connectivity index (χ4n) is 2.31. The summed E-state index contributed by atoms with van der Waals surface area (Å²) >= 11 is 5.97. The van der Waals surface area contributed by atoms with Gasteiger partial charge in [0.1, 0.15) is 0 Å². The van der Waals surface area contributed by atoms with Crippen molar-refractivity contribution in [3.63, 3.8) is 0 Å². The minimum atomic E-state index is 0.251. The third-order valence-corrected chi connectivity index (χ3v) is 3.60. The number of para-hydroxylation sites is 1. The van der Waals surface area contributed by atoms with Crippen LogP contribution in [-0.2, 0) is 0 Å². The van der Waals surface area contributed by atoms with E-state index in [1.165, 1.54) is 5.57 Å². The molecule has 1 unspecified atom stereocenters. The van der Waals surface area contributed by atoms with E-state index in [9.17, 15) is 0 Å². The van der Waals surface area contributed by atoms with E-state index in [1.54, 1.807) is 0 Å². The van der Waals surface area contributed by atoms with Crippen LogP contribution in [0.2, 0.25) is 0 Å². The van der Waals surface area contributed by atoms with Crippen molar-refractivity contribution >= 4 is 23.4 Å². The van der Waals surface area contributed by atoms with Gasteiger partial charge in [0.25, 0.3) is 0 Å². The van der Waals surface area contributed by atoms with Gasteiger partial charge in [-0.15, -0.1) is 11.6 Å². The van der Waals surface area contributed by atoms with E-state index >= 15 is 0 Å². The highest BCUT2D eigenvalue weighted by Crippen LogP contribution is 2.23. The Morgan fingerprint density at radius 1 is 1.25 bits per heavy atom. The van der Waals surface area contributed by atoms with E-state index in [0.717, 1.165) is 24.1 Å². The molecule has 1 atom stereocenters. The second-order valence-electron chi connectivity index (χ2n) is 4.72. The number of benzene rings is 1. The van der Waals surface area contributed by atoms with Gasteiger partial charge < -0.3 is 5.32 Å². The van der Waals surface area contributed by atoms with Crippen molar-refractivity contribution in [2.45, 2.75) is 18.9 Å². The third kappa shape index (κ3) is 3.88. The highest BCUT2D eigenvalue weighted by atomic mass is 35.5. The average Bonchev–Trinajstić information content (AvgIpc) is 2.76. The number of rotatable bonds is 6. The van der Waals surface area contributed by atoms with Crippen LogP contribution in [0.3, 0.4) is 0 Å². The first-order chi connectivity index (χ1) is 9.85. The van der Waals surface area contributed by atoms with Gasteiger partial charge in [-0.2, -0.15) is 0 Å². The molecular formula is C18H20ClN. The summed E-state index contributed by atoms with van der Waals surface area (Å²) in [6, 6.07) is 8.46. The van der Waals surface area contributed by atoms with Gasteiger partial charge in [0.15, 0.2) is 0 Å². The van der Waals surface area contributed by atoms with Crippen LogP contribution in [0.4, 0.5) is 5.69 Å². The lowest BCUT2D eigenvalue weighted by Gasteiger charge is -2.22. The summed E-state index contributed by atoms with van der Waals surface area (Å²) in [5.41, 5.74) is 3.58. The monoisotopic (exact) mass is 285 g/mol. The molecular weight excluding hydrogens is 266 g/mol. The Morgan fingerprint density at radius 2 is 2.10 bits per heavy atom. The molecule has 0 aliphatic heterocycles. The van der Waals surface area contributed by atoms with Gasteiger partial charge in [0.05, 0.1) is 0 Å². The molecule has 2 rings (SSSR count). The van der Waals surface area contributed by atoms with Crippen molar-refractivity contribution in [2.75, 3.05) is 11.2 Å². The van der Waals surface area contributed by atoms with Crippen molar-refractivity contribution in [3.8, 4) is 0 Å². The number of allylic oxidation sites excluding steroid dienone is 5. The van der Waals surface area contributed by atoms with Crippen LogP contribution < -0.4 is 5.32 Å². The molecule has 0 bridgehead atoms. The molecule has 0 spiro atoms. The molecule has 1 N–H and O–H groups in total. The first kappa shape index (κ1) is 14.7. The second-order valence-corrected chi connectivity index (χ2v) is 5.10. The average molecular weight is 286 g/mol. The molecule has 0 aromatic heterocycles. The summed E-state index contributed by atoms with van der Waals surface area (Å²) in [6.07, 6.45) is 14.3. The zero-order valence-electron chi connectivity index (χ0n) is 11.6. The number of nitrogens with one attached hydrogen (secondary N) is 1. The molecule has 1 aliphatic carbocycles. The Balaban J connectivity index is 2.21. The van der Waals surface area contributed by atoms with E-state index in [1.807, 2.05) is 18.2 Å². The Labute approximate surface area is 126 Å². The molecule has 1 aromatic carbocycles. The molecule has 1 aromatic rings. The quantitative estimate of drug-likeness (QED) is 0.710. The molecule has 0 heterocycles. The van der Waals surface area contributed by atoms with Crippen LogP contribution in [0.1, 0.15) is 18.4 Å². The minimum Gasteiger partial charge on any atom is -0.378 e. The maximum atomic E-state index is 5.97. The normalized spacial score (nSPS) is 15.3. The number of hydrogen-bond donors (Lipinski definition) is 1. The summed E-state index contributed by atoms with van der Waals surface area (Å²) in [5.74, 6) is 0.638. The fourth-order valence-corrected chi connectivity index (χ4v) is 2.52. The van der Waals surface area contributed by atoms with Gasteiger partial charge in [0, 0.05) is 17.6 Å². The number of halogens is 1. The van der Waals surface area contributed by atoms with Crippen LogP contribution in [0.25, 0.3) is 6.08 Å². The van der Waals surface area contributed by atoms with Gasteiger partial charge in [-0.05, 0) is 30.0 Å². The van der Waals surface area contributed by atoms with Gasteiger partial charge in [0.2, 0.25) is 0 Å². The van der Waals surface area contributed by atoms with Gasteiger partial charge >= 0.3 is 0 Å². The lowest BCUT2D eigenvalue weighted by molar-refractivity contribution is 0.775. The smallest absolute Gasteiger partial charge is 0.0491 e. The first-order valence-electron chi connectivity index (χ1n) is 6.91. The lowest BCUT2D eigenvalue weighted by Crippen LogP contribution is -2.23. The zero-order chi connectivity index (χ0) is 14.2. The summed E-state index contributed by atoms with van der Waals surface area (Å²) in [5, 5.41) is 3.61. The largest absolute Gasteiger partial charge is 0.378 e. The van der Waals surface area contributed by atoms with Crippen LogP contribution in [0, 0.1) is 0 Å². The van der Waals surface area contributed by atoms with Crippen molar-refractivity contribution in [1.82, 2.24) is 0 Å². The highest BCUT2D eigenvalue weighted by Gasteiger charge is 2.14. The summed E-state index contributed by atoms with van der Waals surface area (Å²) < 4.78 is 0. The van der Waals surface area contributed by atoms with Crippen LogP contribution in [-0.4, -0.2) is 11.9 Å². The molecule has 0 fully saturated rings. The molecule has 1 nitrogen and oxygen atoms in total. The molecule has 2 heteroatoms. The molecule has 0 radical (unpaired) electrons. The Bertz CT molecular complexity index is 540. The third-order valence-electron chi connectivity index (χ3n) is 3.38. The topological polar surface area (TPSA) is 12.0 Å². The molecule has 0 amide bonds. The van der Waals surface area contributed by atoms with Crippen LogP contribution >= 0.6 is 11.6 Å². The first-order valence-corrected chi connectivity index (χ1v) is 7.45. The van der Waals surface area contributed by atoms with Crippen molar-refractivity contribution < 1.29 is 0 Å². The van der Waals surface area contributed by atoms with E-state index in [2.05, 4.69) is 54.4 Å². The van der Waals surface area contributed by atoms with Gasteiger partial charge in [-0.25, -0.2) is 0 Å². The van der Waals surface area contributed by atoms with Crippen LogP contribution in [0.15, 0.2) is 66.8 Å². The van der Waals surface area contributed by atoms with Gasteiger partial charge in [-0.1, -0.05) is 61.2 Å². The number of alkyl halides is 1. The molecule has 1 aliphatic rings. The van der Waals surface area contributed by atoms with E-state index in [0.29, 0.717) is 5.88 Å². The summed E-state index contributed by atoms with van der Waals surface area (Å²) in [7, 11) is 0. The predicted molar refractivity (Wildman–Crippen MR) is 90.3 cm³/mol. The van der Waals surface area contributed by atoms with Crippen molar-refractivity contribution in [3.05, 3.63) is 72.4 Å². The van der Waals surface area contributed by atoms with E-state index < -0.39 is 0 Å². The highest BCUT2D eigenvalue weighted by molar-refractivity contribution is 6.17. The standard InChI is InChI=1S/C18H20ClN/c1-2-15-9-7-8-12-17(15)20-18(13-14-19)16-10-5-3-4-6-11-16/h2-10,12,18,20H,1,11,13-14H2. The lowest BCUT2D eigenvalue weighted by atomic mass is 10.00. The summed E-state index contributed by atoms with van der Waals surface area (Å²) in [4.78, 5) is 0. The molecule has 104 valence electrons. The SMILES string of the molecule is C=Cc1ccccc1NC(CCCl)C1=CC=CC=CC1. The number of hydrogen-bond acceptors (Lipinski definition) is 1. The molecule has 0 saturated heterocycles. The van der Waals surface area contributed by atoms with Crippen LogP contribution in [0.5, 0.6) is 0 Å².